The van der Waals surface area contributed by atoms with Gasteiger partial charge in [-0.05, 0) is 24.0 Å². The largest absolute Gasteiger partial charge is 0.354 e. The van der Waals surface area contributed by atoms with Crippen LogP contribution in [0.5, 0.6) is 0 Å². The fourth-order valence-electron chi connectivity index (χ4n) is 2.58. The fraction of sp³-hybridized carbons (Fsp3) is 0.375. The molecular weight excluding hydrogens is 284 g/mol. The number of hydrogen-bond donors (Lipinski definition) is 1. The van der Waals surface area contributed by atoms with Gasteiger partial charge in [0.25, 0.3) is 0 Å². The summed E-state index contributed by atoms with van der Waals surface area (Å²) in [5.74, 6) is 1.47. The lowest BCUT2D eigenvalue weighted by Gasteiger charge is -2.30. The van der Waals surface area contributed by atoms with Crippen LogP contribution in [0.4, 0.5) is 11.8 Å². The molecule has 0 bridgehead atoms. The molecule has 0 aliphatic carbocycles. The summed E-state index contributed by atoms with van der Waals surface area (Å²) in [4.78, 5) is 11.0. The van der Waals surface area contributed by atoms with E-state index in [1.54, 1.807) is 6.20 Å². The Kier molecular flexibility index (Phi) is 4.25. The smallest absolute Gasteiger partial charge is 0.224 e. The summed E-state index contributed by atoms with van der Waals surface area (Å²) >= 11 is 6.30. The number of fused-ring (bicyclic) bond motifs is 1. The molecule has 0 saturated heterocycles. The third-order valence-electron chi connectivity index (χ3n) is 3.69. The normalized spacial score (nSPS) is 13.9. The second kappa shape index (κ2) is 6.31. The molecule has 1 aliphatic heterocycles. The maximum atomic E-state index is 6.30. The average molecular weight is 303 g/mol. The lowest BCUT2D eigenvalue weighted by Crippen LogP contribution is -2.31. The molecule has 1 aromatic heterocycles. The van der Waals surface area contributed by atoms with Crippen LogP contribution in [-0.2, 0) is 13.0 Å². The summed E-state index contributed by atoms with van der Waals surface area (Å²) < 4.78 is 0. The molecule has 0 fully saturated rings. The van der Waals surface area contributed by atoms with E-state index in [0.29, 0.717) is 11.0 Å². The minimum absolute atomic E-state index is 0.608. The first-order chi connectivity index (χ1) is 10.3. The Hall–Kier alpha value is -1.81. The van der Waals surface area contributed by atoms with Crippen LogP contribution in [-0.4, -0.2) is 23.1 Å². The zero-order valence-electron chi connectivity index (χ0n) is 12.1. The minimum atomic E-state index is 0.608. The van der Waals surface area contributed by atoms with Gasteiger partial charge in [0.1, 0.15) is 5.02 Å². The van der Waals surface area contributed by atoms with E-state index < -0.39 is 0 Å². The topological polar surface area (TPSA) is 41.1 Å². The first-order valence-corrected chi connectivity index (χ1v) is 7.74. The van der Waals surface area contributed by atoms with E-state index in [1.165, 1.54) is 11.1 Å². The summed E-state index contributed by atoms with van der Waals surface area (Å²) in [6.45, 7) is 4.76. The van der Waals surface area contributed by atoms with Gasteiger partial charge in [-0.25, -0.2) is 4.98 Å². The number of rotatable bonds is 4. The van der Waals surface area contributed by atoms with Crippen molar-refractivity contribution in [2.24, 2.45) is 0 Å². The van der Waals surface area contributed by atoms with E-state index in [-0.39, 0.29) is 0 Å². The van der Waals surface area contributed by atoms with Crippen LogP contribution >= 0.6 is 11.6 Å². The van der Waals surface area contributed by atoms with Gasteiger partial charge in [0.05, 0.1) is 6.20 Å². The molecule has 21 heavy (non-hydrogen) atoms. The van der Waals surface area contributed by atoms with Crippen LogP contribution in [0.25, 0.3) is 0 Å². The number of aromatic nitrogens is 2. The first-order valence-electron chi connectivity index (χ1n) is 7.36. The van der Waals surface area contributed by atoms with E-state index >= 15 is 0 Å². The Morgan fingerprint density at radius 1 is 1.29 bits per heavy atom. The molecule has 0 radical (unpaired) electrons. The number of benzene rings is 1. The molecule has 3 rings (SSSR count). The molecule has 5 heteroatoms. The highest BCUT2D eigenvalue weighted by atomic mass is 35.5. The molecule has 0 saturated carbocycles. The highest BCUT2D eigenvalue weighted by molar-refractivity contribution is 6.32. The Labute approximate surface area is 130 Å². The van der Waals surface area contributed by atoms with E-state index in [0.717, 1.165) is 38.3 Å². The van der Waals surface area contributed by atoms with Crippen LogP contribution < -0.4 is 10.2 Å². The first kappa shape index (κ1) is 14.1. The predicted octanol–water partition coefficient (Wildman–Crippen LogP) is 3.51. The van der Waals surface area contributed by atoms with Crippen molar-refractivity contribution in [3.8, 4) is 0 Å². The van der Waals surface area contributed by atoms with Crippen molar-refractivity contribution in [1.82, 2.24) is 9.97 Å². The standard InChI is InChI=1S/C16H19ClN4/c1-2-8-18-16-19-10-14(17)15(20-16)21-9-7-12-5-3-4-6-13(12)11-21/h3-6,10H,2,7-9,11H2,1H3,(H,18,19,20). The number of hydrogen-bond acceptors (Lipinski definition) is 4. The van der Waals surface area contributed by atoms with E-state index in [4.69, 9.17) is 11.6 Å². The third kappa shape index (κ3) is 3.10. The van der Waals surface area contributed by atoms with Crippen LogP contribution in [0, 0.1) is 0 Å². The van der Waals surface area contributed by atoms with Crippen molar-refractivity contribution < 1.29 is 0 Å². The van der Waals surface area contributed by atoms with Crippen molar-refractivity contribution in [2.75, 3.05) is 23.3 Å². The van der Waals surface area contributed by atoms with Crippen LogP contribution in [0.15, 0.2) is 30.5 Å². The quantitative estimate of drug-likeness (QED) is 0.938. The summed E-state index contributed by atoms with van der Waals surface area (Å²) in [6, 6.07) is 8.55. The summed E-state index contributed by atoms with van der Waals surface area (Å²) in [6.07, 6.45) is 3.75. The number of nitrogens with one attached hydrogen (secondary N) is 1. The second-order valence-corrected chi connectivity index (χ2v) is 5.64. The molecule has 1 aliphatic rings. The van der Waals surface area contributed by atoms with Crippen molar-refractivity contribution in [3.05, 3.63) is 46.6 Å². The van der Waals surface area contributed by atoms with E-state index in [9.17, 15) is 0 Å². The molecule has 4 nitrogen and oxygen atoms in total. The molecule has 1 aromatic carbocycles. The highest BCUT2D eigenvalue weighted by Crippen LogP contribution is 2.28. The van der Waals surface area contributed by atoms with E-state index in [2.05, 4.69) is 51.4 Å². The highest BCUT2D eigenvalue weighted by Gasteiger charge is 2.19. The second-order valence-electron chi connectivity index (χ2n) is 5.23. The predicted molar refractivity (Wildman–Crippen MR) is 87.0 cm³/mol. The third-order valence-corrected chi connectivity index (χ3v) is 3.96. The summed E-state index contributed by atoms with van der Waals surface area (Å²) in [5.41, 5.74) is 2.77. The summed E-state index contributed by atoms with van der Waals surface area (Å²) in [5, 5.41) is 3.82. The maximum absolute atomic E-state index is 6.30. The fourth-order valence-corrected chi connectivity index (χ4v) is 2.79. The molecule has 0 unspecified atom stereocenters. The average Bonchev–Trinajstić information content (AvgIpc) is 2.53. The molecule has 2 aromatic rings. The molecular formula is C16H19ClN4. The molecule has 1 N–H and O–H groups in total. The number of halogens is 1. The van der Waals surface area contributed by atoms with E-state index in [1.807, 2.05) is 0 Å². The molecule has 110 valence electrons. The van der Waals surface area contributed by atoms with Gasteiger partial charge in [0.15, 0.2) is 5.82 Å². The van der Waals surface area contributed by atoms with Gasteiger partial charge < -0.3 is 10.2 Å². The minimum Gasteiger partial charge on any atom is -0.354 e. The van der Waals surface area contributed by atoms with Gasteiger partial charge in [-0.3, -0.25) is 0 Å². The Morgan fingerprint density at radius 2 is 2.10 bits per heavy atom. The van der Waals surface area contributed by atoms with Crippen molar-refractivity contribution in [3.63, 3.8) is 0 Å². The molecule has 0 atom stereocenters. The lowest BCUT2D eigenvalue weighted by atomic mass is 10.00. The lowest BCUT2D eigenvalue weighted by molar-refractivity contribution is 0.719. The van der Waals surface area contributed by atoms with Gasteiger partial charge in [0, 0.05) is 19.6 Å². The van der Waals surface area contributed by atoms with Gasteiger partial charge in [-0.15, -0.1) is 0 Å². The Balaban J connectivity index is 1.84. The Morgan fingerprint density at radius 3 is 2.90 bits per heavy atom. The van der Waals surface area contributed by atoms with Crippen molar-refractivity contribution >= 4 is 23.4 Å². The zero-order chi connectivity index (χ0) is 14.7. The van der Waals surface area contributed by atoms with Crippen LogP contribution in [0.3, 0.4) is 0 Å². The number of anilines is 2. The number of nitrogens with zero attached hydrogens (tertiary/aromatic N) is 3. The Bertz CT molecular complexity index is 629. The monoisotopic (exact) mass is 302 g/mol. The molecule has 0 spiro atoms. The van der Waals surface area contributed by atoms with Gasteiger partial charge in [-0.1, -0.05) is 42.8 Å². The maximum Gasteiger partial charge on any atom is 0.224 e. The summed E-state index contributed by atoms with van der Waals surface area (Å²) in [7, 11) is 0. The van der Waals surface area contributed by atoms with Gasteiger partial charge in [-0.2, -0.15) is 4.98 Å². The van der Waals surface area contributed by atoms with Crippen molar-refractivity contribution in [2.45, 2.75) is 26.3 Å². The zero-order valence-corrected chi connectivity index (χ0v) is 12.9. The van der Waals surface area contributed by atoms with Crippen LogP contribution in [0.2, 0.25) is 5.02 Å². The van der Waals surface area contributed by atoms with Gasteiger partial charge >= 0.3 is 0 Å². The van der Waals surface area contributed by atoms with Crippen LogP contribution in [0.1, 0.15) is 24.5 Å². The van der Waals surface area contributed by atoms with Gasteiger partial charge in [0.2, 0.25) is 5.95 Å². The SMILES string of the molecule is CCCNc1ncc(Cl)c(N2CCc3ccccc3C2)n1. The molecule has 0 amide bonds. The molecule has 2 heterocycles. The van der Waals surface area contributed by atoms with Crippen molar-refractivity contribution in [1.29, 1.82) is 0 Å².